The summed E-state index contributed by atoms with van der Waals surface area (Å²) in [4.78, 5) is 9.77. The van der Waals surface area contributed by atoms with E-state index in [1.54, 1.807) is 23.1 Å². The predicted molar refractivity (Wildman–Crippen MR) is 87.3 cm³/mol. The molecule has 1 aromatic carbocycles. The maximum atomic E-state index is 8.88. The molecule has 0 aliphatic rings. The minimum Gasteiger partial charge on any atom is -0.383 e. The number of aryl methyl sites for hydroxylation is 1. The van der Waals surface area contributed by atoms with E-state index in [1.165, 1.54) is 5.56 Å². The Kier molecular flexibility index (Phi) is 3.78. The molecule has 104 valence electrons. The Morgan fingerprint density at radius 1 is 1.33 bits per heavy atom. The molecule has 0 bridgehead atoms. The molecule has 2 aromatic heterocycles. The molecule has 21 heavy (non-hydrogen) atoms. The zero-order chi connectivity index (χ0) is 14.8. The number of aromatic nitrogens is 2. The van der Waals surface area contributed by atoms with Crippen LogP contribution in [0.4, 0.5) is 5.82 Å². The van der Waals surface area contributed by atoms with Crippen molar-refractivity contribution in [3.8, 4) is 6.07 Å². The SMILES string of the molecule is Cc1cc(C#N)ccc1CSc1nc(N)c2ccsc2n1. The van der Waals surface area contributed by atoms with Gasteiger partial charge in [-0.2, -0.15) is 5.26 Å². The monoisotopic (exact) mass is 312 g/mol. The zero-order valence-corrected chi connectivity index (χ0v) is 13.0. The highest BCUT2D eigenvalue weighted by Crippen LogP contribution is 2.28. The quantitative estimate of drug-likeness (QED) is 0.589. The van der Waals surface area contributed by atoms with Crippen LogP contribution in [0.1, 0.15) is 16.7 Å². The molecule has 3 rings (SSSR count). The van der Waals surface area contributed by atoms with Crippen LogP contribution in [-0.2, 0) is 5.75 Å². The average molecular weight is 312 g/mol. The molecule has 0 radical (unpaired) electrons. The number of fused-ring (bicyclic) bond motifs is 1. The maximum absolute atomic E-state index is 8.88. The highest BCUT2D eigenvalue weighted by Gasteiger charge is 2.08. The second-order valence-corrected chi connectivity index (χ2v) is 6.41. The van der Waals surface area contributed by atoms with Crippen LogP contribution in [0, 0.1) is 18.3 Å². The first-order valence-corrected chi connectivity index (χ1v) is 8.17. The summed E-state index contributed by atoms with van der Waals surface area (Å²) < 4.78 is 0. The molecular formula is C15H12N4S2. The van der Waals surface area contributed by atoms with Crippen LogP contribution >= 0.6 is 23.1 Å². The van der Waals surface area contributed by atoms with Crippen molar-refractivity contribution >= 4 is 39.1 Å². The summed E-state index contributed by atoms with van der Waals surface area (Å²) >= 11 is 3.12. The lowest BCUT2D eigenvalue weighted by Gasteiger charge is -2.06. The van der Waals surface area contributed by atoms with Crippen molar-refractivity contribution in [3.05, 3.63) is 46.3 Å². The number of nitrogens with zero attached hydrogens (tertiary/aromatic N) is 3. The minimum atomic E-state index is 0.528. The lowest BCUT2D eigenvalue weighted by molar-refractivity contribution is 1.02. The van der Waals surface area contributed by atoms with Gasteiger partial charge in [0.2, 0.25) is 0 Å². The van der Waals surface area contributed by atoms with E-state index in [2.05, 4.69) is 16.0 Å². The van der Waals surface area contributed by atoms with Crippen LogP contribution in [-0.4, -0.2) is 9.97 Å². The molecule has 2 heterocycles. The van der Waals surface area contributed by atoms with E-state index in [0.717, 1.165) is 21.5 Å². The van der Waals surface area contributed by atoms with Crippen LogP contribution in [0.5, 0.6) is 0 Å². The normalized spacial score (nSPS) is 10.7. The second kappa shape index (κ2) is 5.72. The third-order valence-electron chi connectivity index (χ3n) is 3.16. The molecule has 0 saturated heterocycles. The Morgan fingerprint density at radius 2 is 2.19 bits per heavy atom. The van der Waals surface area contributed by atoms with Crippen molar-refractivity contribution in [2.75, 3.05) is 5.73 Å². The van der Waals surface area contributed by atoms with E-state index >= 15 is 0 Å². The number of nitrogen functional groups attached to an aromatic ring is 1. The number of thioether (sulfide) groups is 1. The van der Waals surface area contributed by atoms with Crippen molar-refractivity contribution in [3.63, 3.8) is 0 Å². The molecule has 0 atom stereocenters. The van der Waals surface area contributed by atoms with Gasteiger partial charge in [0, 0.05) is 5.75 Å². The summed E-state index contributed by atoms with van der Waals surface area (Å²) in [5, 5.41) is 12.5. The number of hydrogen-bond acceptors (Lipinski definition) is 6. The molecule has 4 nitrogen and oxygen atoms in total. The maximum Gasteiger partial charge on any atom is 0.191 e. The van der Waals surface area contributed by atoms with Crippen LogP contribution in [0.25, 0.3) is 10.2 Å². The summed E-state index contributed by atoms with van der Waals surface area (Å²) in [5.41, 5.74) is 8.90. The van der Waals surface area contributed by atoms with Crippen molar-refractivity contribution in [1.82, 2.24) is 9.97 Å². The number of hydrogen-bond donors (Lipinski definition) is 1. The minimum absolute atomic E-state index is 0.528. The molecule has 0 spiro atoms. The Balaban J connectivity index is 1.82. The topological polar surface area (TPSA) is 75.6 Å². The molecule has 0 unspecified atom stereocenters. The van der Waals surface area contributed by atoms with E-state index in [1.807, 2.05) is 36.6 Å². The van der Waals surface area contributed by atoms with Gasteiger partial charge in [-0.25, -0.2) is 9.97 Å². The van der Waals surface area contributed by atoms with Crippen molar-refractivity contribution in [1.29, 1.82) is 5.26 Å². The number of benzene rings is 1. The first-order chi connectivity index (χ1) is 10.2. The third-order valence-corrected chi connectivity index (χ3v) is 4.87. The molecular weight excluding hydrogens is 300 g/mol. The van der Waals surface area contributed by atoms with Gasteiger partial charge in [-0.15, -0.1) is 11.3 Å². The fourth-order valence-corrected chi connectivity index (χ4v) is 3.75. The summed E-state index contributed by atoms with van der Waals surface area (Å²) in [6, 6.07) is 9.80. The van der Waals surface area contributed by atoms with Gasteiger partial charge in [0.1, 0.15) is 10.6 Å². The fourth-order valence-electron chi connectivity index (χ4n) is 1.99. The summed E-state index contributed by atoms with van der Waals surface area (Å²) in [6.45, 7) is 2.01. The third kappa shape index (κ3) is 2.84. The first-order valence-electron chi connectivity index (χ1n) is 6.30. The highest BCUT2D eigenvalue weighted by molar-refractivity contribution is 7.98. The molecule has 0 aliphatic heterocycles. The van der Waals surface area contributed by atoms with Gasteiger partial charge in [-0.1, -0.05) is 17.8 Å². The fraction of sp³-hybridized carbons (Fsp3) is 0.133. The van der Waals surface area contributed by atoms with Crippen molar-refractivity contribution in [2.24, 2.45) is 0 Å². The molecule has 0 amide bonds. The predicted octanol–water partition coefficient (Wildman–Crippen LogP) is 3.75. The van der Waals surface area contributed by atoms with Gasteiger partial charge >= 0.3 is 0 Å². The number of nitriles is 1. The first kappa shape index (κ1) is 13.9. The Morgan fingerprint density at radius 3 is 2.95 bits per heavy atom. The number of anilines is 1. The Labute approximate surface area is 130 Å². The van der Waals surface area contributed by atoms with Gasteiger partial charge < -0.3 is 5.73 Å². The molecule has 0 saturated carbocycles. The Hall–Kier alpha value is -2.10. The lowest BCUT2D eigenvalue weighted by Crippen LogP contribution is -1.96. The van der Waals surface area contributed by atoms with Crippen LogP contribution in [0.3, 0.4) is 0 Å². The standard InChI is InChI=1S/C15H12N4S2/c1-9-6-10(7-16)2-3-11(9)8-21-15-18-13(17)12-4-5-20-14(12)19-15/h2-6H,8H2,1H3,(H2,17,18,19). The summed E-state index contributed by atoms with van der Waals surface area (Å²) in [5.74, 6) is 1.29. The van der Waals surface area contributed by atoms with E-state index in [-0.39, 0.29) is 0 Å². The molecule has 2 N–H and O–H groups in total. The zero-order valence-electron chi connectivity index (χ0n) is 11.3. The second-order valence-electron chi connectivity index (χ2n) is 4.57. The lowest BCUT2D eigenvalue weighted by atomic mass is 10.1. The van der Waals surface area contributed by atoms with E-state index < -0.39 is 0 Å². The van der Waals surface area contributed by atoms with Crippen LogP contribution in [0.2, 0.25) is 0 Å². The summed E-state index contributed by atoms with van der Waals surface area (Å²) in [6.07, 6.45) is 0. The van der Waals surface area contributed by atoms with Crippen LogP contribution < -0.4 is 5.73 Å². The van der Waals surface area contributed by atoms with E-state index in [0.29, 0.717) is 16.5 Å². The molecule has 0 aliphatic carbocycles. The van der Waals surface area contributed by atoms with Gasteiger partial charge in [0.25, 0.3) is 0 Å². The highest BCUT2D eigenvalue weighted by atomic mass is 32.2. The molecule has 3 aromatic rings. The average Bonchev–Trinajstić information content (AvgIpc) is 2.95. The van der Waals surface area contributed by atoms with Crippen molar-refractivity contribution in [2.45, 2.75) is 17.8 Å². The largest absolute Gasteiger partial charge is 0.383 e. The van der Waals surface area contributed by atoms with E-state index in [9.17, 15) is 0 Å². The van der Waals surface area contributed by atoms with Gasteiger partial charge in [0.05, 0.1) is 17.0 Å². The van der Waals surface area contributed by atoms with Gasteiger partial charge in [0.15, 0.2) is 5.16 Å². The van der Waals surface area contributed by atoms with E-state index in [4.69, 9.17) is 11.0 Å². The Bertz CT molecular complexity index is 848. The van der Waals surface area contributed by atoms with Gasteiger partial charge in [-0.05, 0) is 41.6 Å². The molecule has 6 heteroatoms. The summed E-state index contributed by atoms with van der Waals surface area (Å²) in [7, 11) is 0. The van der Waals surface area contributed by atoms with Crippen molar-refractivity contribution < 1.29 is 0 Å². The van der Waals surface area contributed by atoms with Crippen LogP contribution in [0.15, 0.2) is 34.8 Å². The number of thiophene rings is 1. The number of rotatable bonds is 3. The smallest absolute Gasteiger partial charge is 0.191 e. The number of nitrogens with two attached hydrogens (primary N) is 1. The van der Waals surface area contributed by atoms with Gasteiger partial charge in [-0.3, -0.25) is 0 Å². The molecule has 0 fully saturated rings.